The molecule has 1 heterocycles. The molecular weight excluding hydrogens is 252 g/mol. The third-order valence-corrected chi connectivity index (χ3v) is 4.09. The van der Waals surface area contributed by atoms with Crippen molar-refractivity contribution < 1.29 is 14.3 Å². The molecule has 2 aromatic carbocycles. The molecule has 20 heavy (non-hydrogen) atoms. The van der Waals surface area contributed by atoms with E-state index in [0.717, 1.165) is 16.9 Å². The van der Waals surface area contributed by atoms with Gasteiger partial charge in [-0.25, -0.2) is 0 Å². The summed E-state index contributed by atoms with van der Waals surface area (Å²) >= 11 is 0. The molecule has 1 unspecified atom stereocenters. The average molecular weight is 266 g/mol. The highest BCUT2D eigenvalue weighted by Gasteiger charge is 2.33. The van der Waals surface area contributed by atoms with Gasteiger partial charge in [-0.2, -0.15) is 0 Å². The second-order valence-electron chi connectivity index (χ2n) is 5.38. The van der Waals surface area contributed by atoms with Gasteiger partial charge < -0.3 is 9.47 Å². The standard InChI is InChI=1S/C17H14O3/c1-10-2-4-11(5-3-10)12-6-15(18)14-8-17-16(7-13(12)14)19-9-20-17/h2-5,7-8,12H,6,9H2,1H3. The molecule has 2 aromatic rings. The summed E-state index contributed by atoms with van der Waals surface area (Å²) in [4.78, 5) is 12.2. The predicted octanol–water partition coefficient (Wildman–Crippen LogP) is 3.44. The molecule has 0 spiro atoms. The van der Waals surface area contributed by atoms with Gasteiger partial charge >= 0.3 is 0 Å². The first-order valence-electron chi connectivity index (χ1n) is 6.75. The van der Waals surface area contributed by atoms with E-state index in [1.54, 1.807) is 0 Å². The van der Waals surface area contributed by atoms with Crippen LogP contribution in [0, 0.1) is 6.92 Å². The van der Waals surface area contributed by atoms with Crippen LogP contribution < -0.4 is 9.47 Å². The fourth-order valence-electron chi connectivity index (χ4n) is 2.99. The van der Waals surface area contributed by atoms with Gasteiger partial charge in [0.25, 0.3) is 0 Å². The molecular formula is C17H14O3. The molecule has 0 aromatic heterocycles. The Balaban J connectivity index is 1.83. The van der Waals surface area contributed by atoms with Crippen LogP contribution in [-0.2, 0) is 0 Å². The third kappa shape index (κ3) is 1.63. The molecule has 0 saturated carbocycles. The summed E-state index contributed by atoms with van der Waals surface area (Å²) < 4.78 is 10.8. The molecule has 3 nitrogen and oxygen atoms in total. The van der Waals surface area contributed by atoms with Crippen molar-refractivity contribution in [2.75, 3.05) is 6.79 Å². The van der Waals surface area contributed by atoms with Gasteiger partial charge in [-0.1, -0.05) is 29.8 Å². The van der Waals surface area contributed by atoms with E-state index in [-0.39, 0.29) is 18.5 Å². The summed E-state index contributed by atoms with van der Waals surface area (Å²) in [5.74, 6) is 1.74. The lowest BCUT2D eigenvalue weighted by Gasteiger charge is -2.12. The van der Waals surface area contributed by atoms with Crippen LogP contribution >= 0.6 is 0 Å². The SMILES string of the molecule is Cc1ccc(C2CC(=O)c3cc4c(cc32)OCO4)cc1. The molecule has 3 heteroatoms. The number of ether oxygens (including phenoxy) is 2. The average Bonchev–Trinajstić information content (AvgIpc) is 3.03. The second kappa shape index (κ2) is 4.10. The van der Waals surface area contributed by atoms with Crippen LogP contribution in [0.4, 0.5) is 0 Å². The van der Waals surface area contributed by atoms with E-state index in [9.17, 15) is 4.79 Å². The molecule has 0 saturated heterocycles. The smallest absolute Gasteiger partial charge is 0.231 e. The summed E-state index contributed by atoms with van der Waals surface area (Å²) in [6, 6.07) is 12.2. The van der Waals surface area contributed by atoms with E-state index >= 15 is 0 Å². The topological polar surface area (TPSA) is 35.5 Å². The Morgan fingerprint density at radius 3 is 2.50 bits per heavy atom. The van der Waals surface area contributed by atoms with Gasteiger partial charge in [-0.3, -0.25) is 4.79 Å². The van der Waals surface area contributed by atoms with E-state index in [2.05, 4.69) is 31.2 Å². The van der Waals surface area contributed by atoms with Crippen LogP contribution in [0.1, 0.15) is 39.4 Å². The van der Waals surface area contributed by atoms with Gasteiger partial charge in [-0.15, -0.1) is 0 Å². The minimum atomic E-state index is 0.132. The largest absolute Gasteiger partial charge is 0.454 e. The first-order valence-corrected chi connectivity index (χ1v) is 6.75. The van der Waals surface area contributed by atoms with E-state index < -0.39 is 0 Å². The predicted molar refractivity (Wildman–Crippen MR) is 74.5 cm³/mol. The van der Waals surface area contributed by atoms with Crippen molar-refractivity contribution in [1.82, 2.24) is 0 Å². The molecule has 4 rings (SSSR count). The fraction of sp³-hybridized carbons (Fsp3) is 0.235. The Labute approximate surface area is 117 Å². The zero-order valence-electron chi connectivity index (χ0n) is 11.2. The van der Waals surface area contributed by atoms with Gasteiger partial charge in [0.15, 0.2) is 17.3 Å². The zero-order valence-corrected chi connectivity index (χ0v) is 11.2. The first kappa shape index (κ1) is 11.5. The van der Waals surface area contributed by atoms with E-state index in [1.807, 2.05) is 12.1 Å². The molecule has 0 amide bonds. The molecule has 1 aliphatic heterocycles. The Hall–Kier alpha value is -2.29. The molecule has 2 aliphatic rings. The lowest BCUT2D eigenvalue weighted by atomic mass is 9.92. The van der Waals surface area contributed by atoms with Crippen molar-refractivity contribution >= 4 is 5.78 Å². The Morgan fingerprint density at radius 1 is 1.05 bits per heavy atom. The highest BCUT2D eigenvalue weighted by atomic mass is 16.7. The van der Waals surface area contributed by atoms with Gasteiger partial charge in [0, 0.05) is 17.9 Å². The Bertz CT molecular complexity index is 701. The molecule has 1 aliphatic carbocycles. The van der Waals surface area contributed by atoms with Crippen LogP contribution in [0.15, 0.2) is 36.4 Å². The highest BCUT2D eigenvalue weighted by molar-refractivity contribution is 6.02. The number of fused-ring (bicyclic) bond motifs is 2. The number of aryl methyl sites for hydroxylation is 1. The summed E-state index contributed by atoms with van der Waals surface area (Å²) in [5.41, 5.74) is 4.24. The quantitative estimate of drug-likeness (QED) is 0.793. The normalized spacial score (nSPS) is 19.2. The van der Waals surface area contributed by atoms with Crippen molar-refractivity contribution in [3.05, 3.63) is 58.7 Å². The Morgan fingerprint density at radius 2 is 1.75 bits per heavy atom. The van der Waals surface area contributed by atoms with Gasteiger partial charge in [0.1, 0.15) is 0 Å². The number of Topliss-reactive ketones (excluding diaryl/α,β-unsaturated/α-hetero) is 1. The van der Waals surface area contributed by atoms with Gasteiger partial charge in [-0.05, 0) is 30.2 Å². The van der Waals surface area contributed by atoms with Crippen LogP contribution in [0.3, 0.4) is 0 Å². The van der Waals surface area contributed by atoms with Crippen molar-refractivity contribution in [3.8, 4) is 11.5 Å². The maximum atomic E-state index is 12.2. The van der Waals surface area contributed by atoms with E-state index in [4.69, 9.17) is 9.47 Å². The molecule has 0 bridgehead atoms. The van der Waals surface area contributed by atoms with Crippen LogP contribution in [0.2, 0.25) is 0 Å². The monoisotopic (exact) mass is 266 g/mol. The zero-order chi connectivity index (χ0) is 13.7. The third-order valence-electron chi connectivity index (χ3n) is 4.09. The van der Waals surface area contributed by atoms with Crippen molar-refractivity contribution in [3.63, 3.8) is 0 Å². The number of hydrogen-bond donors (Lipinski definition) is 0. The molecule has 0 fully saturated rings. The van der Waals surface area contributed by atoms with Crippen molar-refractivity contribution in [2.45, 2.75) is 19.3 Å². The first-order chi connectivity index (χ1) is 9.72. The van der Waals surface area contributed by atoms with Gasteiger partial charge in [0.2, 0.25) is 6.79 Å². The highest BCUT2D eigenvalue weighted by Crippen LogP contribution is 2.44. The van der Waals surface area contributed by atoms with Crippen LogP contribution in [-0.4, -0.2) is 12.6 Å². The van der Waals surface area contributed by atoms with E-state index in [1.165, 1.54) is 11.1 Å². The summed E-state index contributed by atoms with van der Waals surface area (Å²) in [7, 11) is 0. The number of carbonyl (C=O) groups is 1. The second-order valence-corrected chi connectivity index (χ2v) is 5.38. The Kier molecular flexibility index (Phi) is 2.36. The number of hydrogen-bond acceptors (Lipinski definition) is 3. The number of carbonyl (C=O) groups excluding carboxylic acids is 1. The van der Waals surface area contributed by atoms with Crippen molar-refractivity contribution in [1.29, 1.82) is 0 Å². The van der Waals surface area contributed by atoms with Crippen LogP contribution in [0.25, 0.3) is 0 Å². The summed E-state index contributed by atoms with van der Waals surface area (Å²) in [5, 5.41) is 0. The minimum absolute atomic E-state index is 0.132. The number of rotatable bonds is 1. The van der Waals surface area contributed by atoms with Gasteiger partial charge in [0.05, 0.1) is 0 Å². The van der Waals surface area contributed by atoms with Crippen molar-refractivity contribution in [2.24, 2.45) is 0 Å². The lowest BCUT2D eigenvalue weighted by molar-refractivity contribution is 0.0991. The number of ketones is 1. The lowest BCUT2D eigenvalue weighted by Crippen LogP contribution is -1.97. The van der Waals surface area contributed by atoms with E-state index in [0.29, 0.717) is 12.2 Å². The fourth-order valence-corrected chi connectivity index (χ4v) is 2.99. The summed E-state index contributed by atoms with van der Waals surface area (Å²) in [6.45, 7) is 2.30. The molecule has 0 N–H and O–H groups in total. The maximum absolute atomic E-state index is 12.2. The summed E-state index contributed by atoms with van der Waals surface area (Å²) in [6.07, 6.45) is 0.529. The molecule has 100 valence electrons. The van der Waals surface area contributed by atoms with Crippen LogP contribution in [0.5, 0.6) is 11.5 Å². The molecule has 1 atom stereocenters. The molecule has 0 radical (unpaired) electrons. The maximum Gasteiger partial charge on any atom is 0.231 e. The minimum Gasteiger partial charge on any atom is -0.454 e. The number of benzene rings is 2.